The molecule has 1 saturated heterocycles. The molecule has 1 heterocycles. The second-order valence-corrected chi connectivity index (χ2v) is 7.23. The number of aliphatic hydroxyl groups excluding tert-OH is 1. The quantitative estimate of drug-likeness (QED) is 0.747. The normalized spacial score (nSPS) is 18.3. The summed E-state index contributed by atoms with van der Waals surface area (Å²) in [5.74, 6) is -0.244. The molecule has 0 aliphatic carbocycles. The molecule has 1 unspecified atom stereocenters. The maximum Gasteiger partial charge on any atom is 0.315 e. The molecule has 1 aromatic carbocycles. The third kappa shape index (κ3) is 5.67. The second-order valence-electron chi connectivity index (χ2n) is 7.23. The van der Waals surface area contributed by atoms with Crippen LogP contribution in [0.25, 0.3) is 0 Å². The number of piperidine rings is 1. The summed E-state index contributed by atoms with van der Waals surface area (Å²) in [4.78, 5) is 14.2. The third-order valence-corrected chi connectivity index (χ3v) is 4.45. The molecule has 2 amide bonds. The Bertz CT molecular complexity index is 551. The van der Waals surface area contributed by atoms with E-state index in [1.54, 1.807) is 6.07 Å². The van der Waals surface area contributed by atoms with Crippen molar-refractivity contribution in [3.8, 4) is 0 Å². The number of aliphatic hydroxyl groups is 1. The van der Waals surface area contributed by atoms with E-state index in [0.717, 1.165) is 25.1 Å². The van der Waals surface area contributed by atoms with Crippen LogP contribution in [0.4, 0.5) is 14.9 Å². The standard InChI is InChI=1S/C18H28FN3O2/c1-18(2,8-10-23)13-20-17(24)21-15-6-4-9-22(12-15)16-7-3-5-14(19)11-16/h3,5,7,11,15,23H,4,6,8-10,12-13H2,1-2H3,(H2,20,21,24). The van der Waals surface area contributed by atoms with Crippen molar-refractivity contribution in [1.82, 2.24) is 10.6 Å². The Morgan fingerprint density at radius 1 is 1.46 bits per heavy atom. The van der Waals surface area contributed by atoms with Crippen LogP contribution >= 0.6 is 0 Å². The van der Waals surface area contributed by atoms with Gasteiger partial charge in [0, 0.05) is 38.0 Å². The molecule has 1 aliphatic heterocycles. The lowest BCUT2D eigenvalue weighted by molar-refractivity contribution is 0.199. The highest BCUT2D eigenvalue weighted by atomic mass is 19.1. The topological polar surface area (TPSA) is 64.6 Å². The van der Waals surface area contributed by atoms with Crippen LogP contribution in [0.3, 0.4) is 0 Å². The van der Waals surface area contributed by atoms with Crippen LogP contribution in [-0.4, -0.2) is 43.4 Å². The van der Waals surface area contributed by atoms with Gasteiger partial charge in [-0.05, 0) is 42.9 Å². The smallest absolute Gasteiger partial charge is 0.315 e. The van der Waals surface area contributed by atoms with Gasteiger partial charge in [-0.15, -0.1) is 0 Å². The van der Waals surface area contributed by atoms with Crippen molar-refractivity contribution in [3.63, 3.8) is 0 Å². The van der Waals surface area contributed by atoms with E-state index in [-0.39, 0.29) is 29.9 Å². The number of benzene rings is 1. The molecule has 5 nitrogen and oxygen atoms in total. The third-order valence-electron chi connectivity index (χ3n) is 4.45. The molecule has 134 valence electrons. The molecule has 0 saturated carbocycles. The zero-order chi connectivity index (χ0) is 17.6. The van der Waals surface area contributed by atoms with E-state index >= 15 is 0 Å². The average molecular weight is 337 g/mol. The van der Waals surface area contributed by atoms with Crippen LogP contribution in [0.5, 0.6) is 0 Å². The summed E-state index contributed by atoms with van der Waals surface area (Å²) in [6, 6.07) is 6.42. The van der Waals surface area contributed by atoms with Gasteiger partial charge in [0.05, 0.1) is 0 Å². The molecule has 1 aromatic rings. The van der Waals surface area contributed by atoms with Gasteiger partial charge in [-0.3, -0.25) is 0 Å². The summed E-state index contributed by atoms with van der Waals surface area (Å²) in [6.07, 6.45) is 2.51. The van der Waals surface area contributed by atoms with Gasteiger partial charge < -0.3 is 20.6 Å². The van der Waals surface area contributed by atoms with Gasteiger partial charge in [0.2, 0.25) is 0 Å². The Hall–Kier alpha value is -1.82. The van der Waals surface area contributed by atoms with Crippen LogP contribution in [-0.2, 0) is 0 Å². The number of carbonyl (C=O) groups excluding carboxylic acids is 1. The van der Waals surface area contributed by atoms with Crippen molar-refractivity contribution in [2.24, 2.45) is 5.41 Å². The number of amides is 2. The highest BCUT2D eigenvalue weighted by Crippen LogP contribution is 2.21. The lowest BCUT2D eigenvalue weighted by atomic mass is 9.90. The molecular weight excluding hydrogens is 309 g/mol. The zero-order valence-electron chi connectivity index (χ0n) is 14.5. The second kappa shape index (κ2) is 8.33. The molecule has 0 radical (unpaired) electrons. The van der Waals surface area contributed by atoms with Gasteiger partial charge >= 0.3 is 6.03 Å². The first kappa shape index (κ1) is 18.5. The van der Waals surface area contributed by atoms with Crippen molar-refractivity contribution >= 4 is 11.7 Å². The Morgan fingerprint density at radius 2 is 2.25 bits per heavy atom. The highest BCUT2D eigenvalue weighted by Gasteiger charge is 2.23. The van der Waals surface area contributed by atoms with Gasteiger partial charge in [-0.25, -0.2) is 9.18 Å². The van der Waals surface area contributed by atoms with Gasteiger partial charge in [0.25, 0.3) is 0 Å². The lowest BCUT2D eigenvalue weighted by Crippen LogP contribution is -2.51. The fourth-order valence-corrected chi connectivity index (χ4v) is 2.95. The summed E-state index contributed by atoms with van der Waals surface area (Å²) < 4.78 is 13.4. The number of halogens is 1. The van der Waals surface area contributed by atoms with Gasteiger partial charge in [0.1, 0.15) is 5.82 Å². The molecule has 6 heteroatoms. The number of hydrogen-bond donors (Lipinski definition) is 3. The van der Waals surface area contributed by atoms with E-state index in [9.17, 15) is 9.18 Å². The Morgan fingerprint density at radius 3 is 2.96 bits per heavy atom. The Labute approximate surface area is 143 Å². The average Bonchev–Trinajstić information content (AvgIpc) is 2.53. The van der Waals surface area contributed by atoms with Crippen molar-refractivity contribution in [3.05, 3.63) is 30.1 Å². The molecule has 1 atom stereocenters. The van der Waals surface area contributed by atoms with E-state index in [1.165, 1.54) is 12.1 Å². The molecule has 24 heavy (non-hydrogen) atoms. The van der Waals surface area contributed by atoms with E-state index in [4.69, 9.17) is 5.11 Å². The largest absolute Gasteiger partial charge is 0.396 e. The van der Waals surface area contributed by atoms with Crippen LogP contribution in [0.2, 0.25) is 0 Å². The fourth-order valence-electron chi connectivity index (χ4n) is 2.95. The van der Waals surface area contributed by atoms with E-state index in [1.807, 2.05) is 19.9 Å². The molecule has 1 aliphatic rings. The molecule has 3 N–H and O–H groups in total. The summed E-state index contributed by atoms with van der Waals surface area (Å²) in [6.45, 7) is 6.19. The minimum atomic E-state index is -0.244. The van der Waals surface area contributed by atoms with Gasteiger partial charge in [-0.1, -0.05) is 19.9 Å². The van der Waals surface area contributed by atoms with Crippen LogP contribution in [0.1, 0.15) is 33.1 Å². The number of hydrogen-bond acceptors (Lipinski definition) is 3. The van der Waals surface area contributed by atoms with Crippen molar-refractivity contribution < 1.29 is 14.3 Å². The maximum absolute atomic E-state index is 13.4. The zero-order valence-corrected chi connectivity index (χ0v) is 14.5. The molecular formula is C18H28FN3O2. The first-order chi connectivity index (χ1) is 11.4. The van der Waals surface area contributed by atoms with Crippen molar-refractivity contribution in [2.75, 3.05) is 31.1 Å². The molecule has 0 aromatic heterocycles. The molecule has 0 spiro atoms. The summed E-state index contributed by atoms with van der Waals surface area (Å²) in [7, 11) is 0. The Kier molecular flexibility index (Phi) is 6.43. The fraction of sp³-hybridized carbons (Fsp3) is 0.611. The van der Waals surface area contributed by atoms with Crippen molar-refractivity contribution in [2.45, 2.75) is 39.2 Å². The number of urea groups is 1. The van der Waals surface area contributed by atoms with Gasteiger partial charge in [-0.2, -0.15) is 0 Å². The minimum absolute atomic E-state index is 0.0444. The number of nitrogens with one attached hydrogen (secondary N) is 2. The monoisotopic (exact) mass is 337 g/mol. The molecule has 0 bridgehead atoms. The predicted octanol–water partition coefficient (Wildman–Crippen LogP) is 2.50. The SMILES string of the molecule is CC(C)(CCO)CNC(=O)NC1CCCN(c2cccc(F)c2)C1. The van der Waals surface area contributed by atoms with Crippen LogP contribution in [0.15, 0.2) is 24.3 Å². The number of carbonyl (C=O) groups is 1. The first-order valence-corrected chi connectivity index (χ1v) is 8.55. The van der Waals surface area contributed by atoms with Crippen LogP contribution in [0, 0.1) is 11.2 Å². The summed E-state index contributed by atoms with van der Waals surface area (Å²) in [5, 5.41) is 14.9. The molecule has 1 fully saturated rings. The van der Waals surface area contributed by atoms with E-state index < -0.39 is 0 Å². The number of nitrogens with zero attached hydrogens (tertiary/aromatic N) is 1. The first-order valence-electron chi connectivity index (χ1n) is 8.55. The maximum atomic E-state index is 13.4. The number of rotatable bonds is 6. The predicted molar refractivity (Wildman–Crippen MR) is 93.7 cm³/mol. The minimum Gasteiger partial charge on any atom is -0.396 e. The lowest BCUT2D eigenvalue weighted by Gasteiger charge is -2.35. The summed E-state index contributed by atoms with van der Waals surface area (Å²) in [5.41, 5.74) is 0.720. The highest BCUT2D eigenvalue weighted by molar-refractivity contribution is 5.74. The van der Waals surface area contributed by atoms with E-state index in [0.29, 0.717) is 19.5 Å². The van der Waals surface area contributed by atoms with Crippen LogP contribution < -0.4 is 15.5 Å². The molecule has 2 rings (SSSR count). The van der Waals surface area contributed by atoms with Crippen molar-refractivity contribution in [1.29, 1.82) is 0 Å². The summed E-state index contributed by atoms with van der Waals surface area (Å²) >= 11 is 0. The number of anilines is 1. The Balaban J connectivity index is 1.83. The van der Waals surface area contributed by atoms with Gasteiger partial charge in [0.15, 0.2) is 0 Å². The van der Waals surface area contributed by atoms with E-state index in [2.05, 4.69) is 15.5 Å².